The van der Waals surface area contributed by atoms with Crippen molar-refractivity contribution in [2.75, 3.05) is 13.1 Å². The lowest BCUT2D eigenvalue weighted by Gasteiger charge is -2.35. The zero-order valence-corrected chi connectivity index (χ0v) is 14.6. The molecule has 0 radical (unpaired) electrons. The van der Waals surface area contributed by atoms with Crippen molar-refractivity contribution in [1.82, 2.24) is 19.2 Å². The number of aryl methyl sites for hydroxylation is 2. The van der Waals surface area contributed by atoms with Crippen molar-refractivity contribution in [2.45, 2.75) is 38.6 Å². The quantitative estimate of drug-likeness (QED) is 0.739. The van der Waals surface area contributed by atoms with E-state index in [9.17, 15) is 9.59 Å². The van der Waals surface area contributed by atoms with Gasteiger partial charge in [-0.05, 0) is 25.5 Å². The van der Waals surface area contributed by atoms with E-state index >= 15 is 0 Å². The number of hydrogen-bond donors (Lipinski definition) is 0. The fourth-order valence-electron chi connectivity index (χ4n) is 3.56. The molecule has 0 aromatic carbocycles. The minimum atomic E-state index is -0.584. The summed E-state index contributed by atoms with van der Waals surface area (Å²) in [6, 6.07) is 4.31. The average molecular weight is 348 g/mol. The van der Waals surface area contributed by atoms with Crippen LogP contribution < -0.4 is 11.1 Å². The number of ether oxygens (including phenoxy) is 1. The molecule has 7 nitrogen and oxygen atoms in total. The highest BCUT2D eigenvalue weighted by Crippen LogP contribution is 2.32. The summed E-state index contributed by atoms with van der Waals surface area (Å²) in [5.41, 5.74) is -1.48. The summed E-state index contributed by atoms with van der Waals surface area (Å²) in [7, 11) is 1.50. The Morgan fingerprint density at radius 3 is 2.88 bits per heavy atom. The molecule has 1 spiro atoms. The van der Waals surface area contributed by atoms with E-state index in [0.29, 0.717) is 12.4 Å². The Labute approximate surface area is 143 Å². The fourth-order valence-corrected chi connectivity index (χ4v) is 4.50. The number of aromatic nitrogens is 3. The maximum Gasteiger partial charge on any atom is 0.332 e. The van der Waals surface area contributed by atoms with Gasteiger partial charge in [-0.3, -0.25) is 19.1 Å². The molecule has 2 aliphatic heterocycles. The van der Waals surface area contributed by atoms with Crippen molar-refractivity contribution in [2.24, 2.45) is 7.05 Å². The summed E-state index contributed by atoms with van der Waals surface area (Å²) in [5, 5.41) is 4.15. The van der Waals surface area contributed by atoms with Gasteiger partial charge in [0.05, 0.1) is 6.54 Å². The van der Waals surface area contributed by atoms with Crippen molar-refractivity contribution in [3.63, 3.8) is 0 Å². The minimum absolute atomic E-state index is 0.273. The summed E-state index contributed by atoms with van der Waals surface area (Å²) in [5.74, 6) is 0.528. The number of nitrogens with zero attached hydrogens (tertiary/aromatic N) is 4. The number of likely N-dealkylation sites (tertiary alicyclic amines) is 1. The van der Waals surface area contributed by atoms with Crippen molar-refractivity contribution in [3.8, 4) is 0 Å². The van der Waals surface area contributed by atoms with E-state index in [1.165, 1.54) is 21.4 Å². The summed E-state index contributed by atoms with van der Waals surface area (Å²) in [6.45, 7) is 5.39. The molecule has 4 heterocycles. The van der Waals surface area contributed by atoms with E-state index in [1.54, 1.807) is 0 Å². The van der Waals surface area contributed by atoms with Crippen LogP contribution in [-0.4, -0.2) is 37.9 Å². The molecule has 2 aliphatic rings. The van der Waals surface area contributed by atoms with Gasteiger partial charge in [0.1, 0.15) is 12.2 Å². The first-order valence-electron chi connectivity index (χ1n) is 8.04. The number of fused-ring (bicyclic) bond motifs is 1. The molecule has 0 N–H and O–H groups in total. The number of thiophene rings is 1. The zero-order valence-electron chi connectivity index (χ0n) is 13.8. The molecular weight excluding hydrogens is 328 g/mol. The van der Waals surface area contributed by atoms with Gasteiger partial charge in [0.25, 0.3) is 0 Å². The van der Waals surface area contributed by atoms with Crippen LogP contribution in [0.5, 0.6) is 0 Å². The largest absolute Gasteiger partial charge is 0.364 e. The fraction of sp³-hybridized carbons (Fsp3) is 0.562. The molecule has 128 valence electrons. The van der Waals surface area contributed by atoms with E-state index in [1.807, 2.05) is 11.3 Å². The Kier molecular flexibility index (Phi) is 3.70. The van der Waals surface area contributed by atoms with Crippen LogP contribution in [0.1, 0.15) is 22.0 Å². The third-order valence-corrected chi connectivity index (χ3v) is 5.81. The first kappa shape index (κ1) is 15.7. The lowest BCUT2D eigenvalue weighted by Crippen LogP contribution is -2.52. The predicted molar refractivity (Wildman–Crippen MR) is 90.2 cm³/mol. The molecule has 4 rings (SSSR count). The van der Waals surface area contributed by atoms with Gasteiger partial charge >= 0.3 is 11.1 Å². The normalized spacial score (nSPS) is 23.8. The summed E-state index contributed by atoms with van der Waals surface area (Å²) >= 11 is 1.81. The van der Waals surface area contributed by atoms with Crippen LogP contribution in [0.2, 0.25) is 0 Å². The molecule has 2 aromatic rings. The van der Waals surface area contributed by atoms with E-state index in [4.69, 9.17) is 4.74 Å². The number of hydrogen-bond acceptors (Lipinski definition) is 6. The van der Waals surface area contributed by atoms with Crippen LogP contribution in [0.15, 0.2) is 21.7 Å². The Hall–Kier alpha value is -1.77. The molecule has 8 heteroatoms. The third-order valence-electron chi connectivity index (χ3n) is 4.82. The smallest absolute Gasteiger partial charge is 0.332 e. The monoisotopic (exact) mass is 348 g/mol. The molecule has 1 fully saturated rings. The van der Waals surface area contributed by atoms with Gasteiger partial charge in [0.2, 0.25) is 0 Å². The standard InChI is InChI=1S/C16H20N4O3S/c1-11-3-4-12(24-11)7-19-6-5-16(9-19)10-20-13(8-23-16)17-18(2)14(21)15(20)22/h3-4H,5-10H2,1-2H3. The second-order valence-corrected chi connectivity index (χ2v) is 8.05. The van der Waals surface area contributed by atoms with Crippen LogP contribution >= 0.6 is 11.3 Å². The lowest BCUT2D eigenvalue weighted by atomic mass is 10.0. The highest BCUT2D eigenvalue weighted by atomic mass is 32.1. The van der Waals surface area contributed by atoms with E-state index in [0.717, 1.165) is 30.7 Å². The average Bonchev–Trinajstić information content (AvgIpc) is 3.13. The summed E-state index contributed by atoms with van der Waals surface area (Å²) in [6.07, 6.45) is 0.860. The van der Waals surface area contributed by atoms with Crippen LogP contribution in [0.3, 0.4) is 0 Å². The SMILES string of the molecule is Cc1ccc(CN2CCC3(C2)Cn2c(nn(C)c(=O)c2=O)CO3)s1. The molecular formula is C16H20N4O3S. The van der Waals surface area contributed by atoms with Gasteiger partial charge in [-0.25, -0.2) is 4.68 Å². The highest BCUT2D eigenvalue weighted by molar-refractivity contribution is 7.11. The molecule has 0 aliphatic carbocycles. The highest BCUT2D eigenvalue weighted by Gasteiger charge is 2.43. The topological polar surface area (TPSA) is 69.4 Å². The molecule has 1 saturated heterocycles. The van der Waals surface area contributed by atoms with Crippen molar-refractivity contribution in [1.29, 1.82) is 0 Å². The molecule has 1 unspecified atom stereocenters. The van der Waals surface area contributed by atoms with E-state index in [-0.39, 0.29) is 6.61 Å². The Morgan fingerprint density at radius 2 is 2.12 bits per heavy atom. The predicted octanol–water partition coefficient (Wildman–Crippen LogP) is 0.487. The maximum atomic E-state index is 12.3. The van der Waals surface area contributed by atoms with Crippen LogP contribution in [0.4, 0.5) is 0 Å². The first-order valence-corrected chi connectivity index (χ1v) is 8.86. The third kappa shape index (κ3) is 2.64. The van der Waals surface area contributed by atoms with Gasteiger partial charge < -0.3 is 4.74 Å². The summed E-state index contributed by atoms with van der Waals surface area (Å²) in [4.78, 5) is 29.2. The second-order valence-electron chi connectivity index (χ2n) is 6.68. The molecule has 1 atom stereocenters. The summed E-state index contributed by atoms with van der Waals surface area (Å²) < 4.78 is 8.70. The van der Waals surface area contributed by atoms with Crippen LogP contribution in [0.25, 0.3) is 0 Å². The van der Waals surface area contributed by atoms with Gasteiger partial charge in [-0.1, -0.05) is 0 Å². The molecule has 24 heavy (non-hydrogen) atoms. The molecule has 0 amide bonds. The molecule has 2 aromatic heterocycles. The Bertz CT molecular complexity index is 899. The van der Waals surface area contributed by atoms with Gasteiger partial charge in [-0.2, -0.15) is 5.10 Å². The number of rotatable bonds is 2. The van der Waals surface area contributed by atoms with E-state index in [2.05, 4.69) is 29.1 Å². The second kappa shape index (κ2) is 5.65. The van der Waals surface area contributed by atoms with Crippen LogP contribution in [0, 0.1) is 6.92 Å². The van der Waals surface area contributed by atoms with Gasteiger partial charge in [0, 0.05) is 36.4 Å². The minimum Gasteiger partial charge on any atom is -0.364 e. The van der Waals surface area contributed by atoms with Gasteiger partial charge in [0.15, 0.2) is 5.82 Å². The van der Waals surface area contributed by atoms with Gasteiger partial charge in [-0.15, -0.1) is 11.3 Å². The zero-order chi connectivity index (χ0) is 16.9. The molecule has 0 saturated carbocycles. The van der Waals surface area contributed by atoms with E-state index < -0.39 is 16.7 Å². The first-order chi connectivity index (χ1) is 11.5. The van der Waals surface area contributed by atoms with Crippen molar-refractivity contribution >= 4 is 11.3 Å². The molecule has 0 bridgehead atoms. The van der Waals surface area contributed by atoms with Crippen molar-refractivity contribution < 1.29 is 4.74 Å². The van der Waals surface area contributed by atoms with Crippen LogP contribution in [-0.2, 0) is 31.5 Å². The maximum absolute atomic E-state index is 12.3. The Morgan fingerprint density at radius 1 is 1.29 bits per heavy atom. The van der Waals surface area contributed by atoms with Crippen molar-refractivity contribution in [3.05, 3.63) is 48.4 Å². The Balaban J connectivity index is 1.55. The lowest BCUT2D eigenvalue weighted by molar-refractivity contribution is -0.0857.